The smallest absolute Gasteiger partial charge is 0.224 e. The molecule has 1 fully saturated rings. The van der Waals surface area contributed by atoms with Gasteiger partial charge in [0.2, 0.25) is 11.8 Å². The number of hydrogen-bond donors (Lipinski definition) is 1. The monoisotopic (exact) mass is 314 g/mol. The fourth-order valence-electron chi connectivity index (χ4n) is 3.58. The van der Waals surface area contributed by atoms with Crippen molar-refractivity contribution in [3.05, 3.63) is 34.9 Å². The Morgan fingerprint density at radius 2 is 1.91 bits per heavy atom. The Labute approximate surface area is 138 Å². The van der Waals surface area contributed by atoms with E-state index in [-0.39, 0.29) is 11.8 Å². The molecule has 124 valence electrons. The SMILES string of the molecule is O=C(Cc1ccc2c(c1)CCCC2)NCCCN1CCCC1=O. The van der Waals surface area contributed by atoms with Gasteiger partial charge in [-0.25, -0.2) is 0 Å². The predicted molar refractivity (Wildman–Crippen MR) is 90.2 cm³/mol. The van der Waals surface area contributed by atoms with Crippen LogP contribution in [0.15, 0.2) is 18.2 Å². The van der Waals surface area contributed by atoms with Crippen LogP contribution in [-0.2, 0) is 28.9 Å². The average molecular weight is 314 g/mol. The highest BCUT2D eigenvalue weighted by molar-refractivity contribution is 5.79. The van der Waals surface area contributed by atoms with Crippen LogP contribution in [0.2, 0.25) is 0 Å². The number of nitrogens with one attached hydrogen (secondary N) is 1. The van der Waals surface area contributed by atoms with Crippen LogP contribution < -0.4 is 5.32 Å². The lowest BCUT2D eigenvalue weighted by atomic mass is 9.90. The predicted octanol–water partition coefficient (Wildman–Crippen LogP) is 2.24. The number of aryl methyl sites for hydroxylation is 2. The molecule has 0 saturated carbocycles. The molecule has 3 rings (SSSR count). The van der Waals surface area contributed by atoms with Crippen LogP contribution in [0.1, 0.15) is 48.8 Å². The fraction of sp³-hybridized carbons (Fsp3) is 0.579. The molecule has 4 heteroatoms. The van der Waals surface area contributed by atoms with Crippen LogP contribution in [0.5, 0.6) is 0 Å². The molecule has 0 unspecified atom stereocenters. The average Bonchev–Trinajstić information content (AvgIpc) is 2.97. The van der Waals surface area contributed by atoms with Gasteiger partial charge in [0.05, 0.1) is 6.42 Å². The molecule has 1 saturated heterocycles. The minimum absolute atomic E-state index is 0.0773. The number of amides is 2. The summed E-state index contributed by atoms with van der Waals surface area (Å²) in [4.78, 5) is 25.4. The zero-order chi connectivity index (χ0) is 16.1. The molecule has 23 heavy (non-hydrogen) atoms. The van der Waals surface area contributed by atoms with E-state index in [4.69, 9.17) is 0 Å². The first-order chi connectivity index (χ1) is 11.2. The van der Waals surface area contributed by atoms with Gasteiger partial charge in [-0.3, -0.25) is 9.59 Å². The van der Waals surface area contributed by atoms with Crippen molar-refractivity contribution >= 4 is 11.8 Å². The Bertz CT molecular complexity index is 583. The van der Waals surface area contributed by atoms with Gasteiger partial charge in [0.25, 0.3) is 0 Å². The van der Waals surface area contributed by atoms with Crippen molar-refractivity contribution in [1.82, 2.24) is 10.2 Å². The van der Waals surface area contributed by atoms with E-state index in [0.29, 0.717) is 19.4 Å². The van der Waals surface area contributed by atoms with Crippen molar-refractivity contribution in [3.63, 3.8) is 0 Å². The summed E-state index contributed by atoms with van der Waals surface area (Å²) in [5.41, 5.74) is 3.99. The molecule has 1 aliphatic heterocycles. The molecular weight excluding hydrogens is 288 g/mol. The van der Waals surface area contributed by atoms with Gasteiger partial charge in [-0.1, -0.05) is 18.2 Å². The van der Waals surface area contributed by atoms with Crippen LogP contribution in [0, 0.1) is 0 Å². The van der Waals surface area contributed by atoms with Crippen LogP contribution in [0.25, 0.3) is 0 Å². The zero-order valence-electron chi connectivity index (χ0n) is 13.8. The lowest BCUT2D eigenvalue weighted by Crippen LogP contribution is -2.31. The molecule has 0 aromatic heterocycles. The van der Waals surface area contributed by atoms with E-state index < -0.39 is 0 Å². The standard InChI is InChI=1S/C19H26N2O2/c22-18(20-10-4-12-21-11-3-7-19(21)23)14-15-8-9-16-5-1-2-6-17(16)13-15/h8-9,13H,1-7,10-12,14H2,(H,20,22). The third kappa shape index (κ3) is 4.34. The number of hydrogen-bond acceptors (Lipinski definition) is 2. The van der Waals surface area contributed by atoms with E-state index in [1.807, 2.05) is 4.90 Å². The summed E-state index contributed by atoms with van der Waals surface area (Å²) in [7, 11) is 0. The van der Waals surface area contributed by atoms with Crippen LogP contribution in [-0.4, -0.2) is 36.3 Å². The minimum atomic E-state index is 0.0773. The number of carbonyl (C=O) groups is 2. The third-order valence-electron chi connectivity index (χ3n) is 4.88. The Hall–Kier alpha value is -1.84. The van der Waals surface area contributed by atoms with E-state index in [1.165, 1.54) is 30.4 Å². The quantitative estimate of drug-likeness (QED) is 0.819. The lowest BCUT2D eigenvalue weighted by Gasteiger charge is -2.17. The molecule has 0 radical (unpaired) electrons. The van der Waals surface area contributed by atoms with Crippen molar-refractivity contribution in [2.45, 2.75) is 51.4 Å². The summed E-state index contributed by atoms with van der Waals surface area (Å²) in [6.07, 6.45) is 7.82. The summed E-state index contributed by atoms with van der Waals surface area (Å²) >= 11 is 0. The normalized spacial score (nSPS) is 17.2. The van der Waals surface area contributed by atoms with Gasteiger partial charge in [0.15, 0.2) is 0 Å². The number of nitrogens with zero attached hydrogens (tertiary/aromatic N) is 1. The summed E-state index contributed by atoms with van der Waals surface area (Å²) in [6, 6.07) is 6.49. The van der Waals surface area contributed by atoms with Crippen molar-refractivity contribution in [2.24, 2.45) is 0 Å². The first kappa shape index (κ1) is 16.0. The summed E-state index contributed by atoms with van der Waals surface area (Å²) < 4.78 is 0. The van der Waals surface area contributed by atoms with Crippen molar-refractivity contribution in [2.75, 3.05) is 19.6 Å². The number of likely N-dealkylation sites (tertiary alicyclic amines) is 1. The van der Waals surface area contributed by atoms with Gasteiger partial charge in [-0.15, -0.1) is 0 Å². The second-order valence-electron chi connectivity index (χ2n) is 6.67. The fourth-order valence-corrected chi connectivity index (χ4v) is 3.58. The second-order valence-corrected chi connectivity index (χ2v) is 6.67. The topological polar surface area (TPSA) is 49.4 Å². The molecule has 0 bridgehead atoms. The van der Waals surface area contributed by atoms with Gasteiger partial charge < -0.3 is 10.2 Å². The Kier molecular flexibility index (Phi) is 5.31. The molecule has 0 spiro atoms. The first-order valence-corrected chi connectivity index (χ1v) is 8.87. The van der Waals surface area contributed by atoms with Gasteiger partial charge in [0, 0.05) is 26.1 Å². The van der Waals surface area contributed by atoms with E-state index in [1.54, 1.807) is 0 Å². The summed E-state index contributed by atoms with van der Waals surface area (Å²) in [5.74, 6) is 0.332. The number of benzene rings is 1. The number of carbonyl (C=O) groups excluding carboxylic acids is 2. The molecule has 4 nitrogen and oxygen atoms in total. The maximum Gasteiger partial charge on any atom is 0.224 e. The molecule has 1 aromatic carbocycles. The van der Waals surface area contributed by atoms with E-state index >= 15 is 0 Å². The van der Waals surface area contributed by atoms with Crippen LogP contribution in [0.4, 0.5) is 0 Å². The van der Waals surface area contributed by atoms with Crippen LogP contribution >= 0.6 is 0 Å². The molecule has 2 amide bonds. The van der Waals surface area contributed by atoms with Crippen molar-refractivity contribution < 1.29 is 9.59 Å². The molecule has 1 N–H and O–H groups in total. The van der Waals surface area contributed by atoms with Gasteiger partial charge in [-0.05, 0) is 55.2 Å². The van der Waals surface area contributed by atoms with Crippen molar-refractivity contribution in [3.8, 4) is 0 Å². The highest BCUT2D eigenvalue weighted by Gasteiger charge is 2.19. The Morgan fingerprint density at radius 3 is 2.70 bits per heavy atom. The molecule has 1 aliphatic carbocycles. The molecular formula is C19H26N2O2. The lowest BCUT2D eigenvalue weighted by molar-refractivity contribution is -0.127. The largest absolute Gasteiger partial charge is 0.356 e. The van der Waals surface area contributed by atoms with Gasteiger partial charge in [0.1, 0.15) is 0 Å². The van der Waals surface area contributed by atoms with E-state index in [9.17, 15) is 9.59 Å². The maximum atomic E-state index is 12.0. The highest BCUT2D eigenvalue weighted by atomic mass is 16.2. The third-order valence-corrected chi connectivity index (χ3v) is 4.88. The second kappa shape index (κ2) is 7.62. The summed E-state index contributed by atoms with van der Waals surface area (Å²) in [6.45, 7) is 2.29. The number of rotatable bonds is 6. The first-order valence-electron chi connectivity index (χ1n) is 8.87. The molecule has 1 heterocycles. The van der Waals surface area contributed by atoms with E-state index in [0.717, 1.165) is 37.9 Å². The van der Waals surface area contributed by atoms with Crippen molar-refractivity contribution in [1.29, 1.82) is 0 Å². The van der Waals surface area contributed by atoms with E-state index in [2.05, 4.69) is 23.5 Å². The Morgan fingerprint density at radius 1 is 1.09 bits per heavy atom. The summed E-state index contributed by atoms with van der Waals surface area (Å²) in [5, 5.41) is 2.97. The highest BCUT2D eigenvalue weighted by Crippen LogP contribution is 2.22. The minimum Gasteiger partial charge on any atom is -0.356 e. The molecule has 0 atom stereocenters. The zero-order valence-corrected chi connectivity index (χ0v) is 13.8. The molecule has 2 aliphatic rings. The molecule has 1 aromatic rings. The Balaban J connectivity index is 1.40. The van der Waals surface area contributed by atoms with Crippen LogP contribution in [0.3, 0.4) is 0 Å². The maximum absolute atomic E-state index is 12.0. The van der Waals surface area contributed by atoms with Gasteiger partial charge in [-0.2, -0.15) is 0 Å². The van der Waals surface area contributed by atoms with Gasteiger partial charge >= 0.3 is 0 Å². The number of fused-ring (bicyclic) bond motifs is 1.